The second-order valence-corrected chi connectivity index (χ2v) is 8.68. The molecule has 3 nitrogen and oxygen atoms in total. The van der Waals surface area contributed by atoms with Crippen LogP contribution < -0.4 is 0 Å². The Bertz CT molecular complexity index is 1630. The zero-order chi connectivity index (χ0) is 23.6. The number of hydrogen-bond acceptors (Lipinski definition) is 3. The van der Waals surface area contributed by atoms with E-state index in [-0.39, 0.29) is 5.28 Å². The average Bonchev–Trinajstić information content (AvgIpc) is 2.93. The van der Waals surface area contributed by atoms with Crippen LogP contribution in [-0.2, 0) is 0 Å². The highest BCUT2D eigenvalue weighted by molar-refractivity contribution is 6.28. The fraction of sp³-hybridized carbons (Fsp3) is 0. The topological polar surface area (TPSA) is 38.7 Å². The molecule has 0 unspecified atom stereocenters. The number of aromatic nitrogens is 3. The van der Waals surface area contributed by atoms with E-state index in [0.29, 0.717) is 11.6 Å². The molecular formula is C31H20ClN3. The highest BCUT2D eigenvalue weighted by Gasteiger charge is 2.11. The van der Waals surface area contributed by atoms with Crippen molar-refractivity contribution in [3.63, 3.8) is 0 Å². The first-order valence-corrected chi connectivity index (χ1v) is 11.8. The quantitative estimate of drug-likeness (QED) is 0.260. The van der Waals surface area contributed by atoms with Gasteiger partial charge in [0.05, 0.1) is 0 Å². The van der Waals surface area contributed by atoms with Gasteiger partial charge in [-0.05, 0) is 56.8 Å². The fourth-order valence-corrected chi connectivity index (χ4v) is 4.41. The molecule has 166 valence electrons. The lowest BCUT2D eigenvalue weighted by Crippen LogP contribution is -1.97. The zero-order valence-corrected chi connectivity index (χ0v) is 19.5. The van der Waals surface area contributed by atoms with E-state index in [1.807, 2.05) is 42.5 Å². The van der Waals surface area contributed by atoms with Gasteiger partial charge in [0.1, 0.15) is 0 Å². The van der Waals surface area contributed by atoms with Gasteiger partial charge in [-0.1, -0.05) is 109 Å². The van der Waals surface area contributed by atoms with Crippen LogP contribution in [0.3, 0.4) is 0 Å². The van der Waals surface area contributed by atoms with E-state index in [0.717, 1.165) is 27.5 Å². The number of rotatable bonds is 4. The van der Waals surface area contributed by atoms with Gasteiger partial charge in [-0.2, -0.15) is 9.97 Å². The number of nitrogens with zero attached hydrogens (tertiary/aromatic N) is 3. The largest absolute Gasteiger partial charge is 0.226 e. The molecule has 1 heterocycles. The van der Waals surface area contributed by atoms with E-state index in [1.165, 1.54) is 16.7 Å². The van der Waals surface area contributed by atoms with Gasteiger partial charge < -0.3 is 0 Å². The van der Waals surface area contributed by atoms with Crippen molar-refractivity contribution < 1.29 is 0 Å². The van der Waals surface area contributed by atoms with Crippen LogP contribution in [0.15, 0.2) is 121 Å². The van der Waals surface area contributed by atoms with Gasteiger partial charge in [0.15, 0.2) is 11.6 Å². The SMILES string of the molecule is Clc1nc(-c2ccc(-c3ccccc3)cc2)nc(-c2ccc3ccc(-c4ccccc4)cc3c2)n1. The maximum absolute atomic E-state index is 6.34. The number of fused-ring (bicyclic) bond motifs is 1. The summed E-state index contributed by atoms with van der Waals surface area (Å²) in [5.41, 5.74) is 6.45. The molecule has 0 bridgehead atoms. The van der Waals surface area contributed by atoms with Gasteiger partial charge in [-0.25, -0.2) is 4.98 Å². The molecule has 0 N–H and O–H groups in total. The molecule has 0 fully saturated rings. The molecule has 4 heteroatoms. The Morgan fingerprint density at radius 1 is 0.371 bits per heavy atom. The lowest BCUT2D eigenvalue weighted by molar-refractivity contribution is 1.07. The van der Waals surface area contributed by atoms with Crippen molar-refractivity contribution in [3.8, 4) is 45.0 Å². The lowest BCUT2D eigenvalue weighted by Gasteiger charge is -2.08. The van der Waals surface area contributed by atoms with Gasteiger partial charge >= 0.3 is 0 Å². The van der Waals surface area contributed by atoms with Crippen LogP contribution in [0.1, 0.15) is 0 Å². The first-order chi connectivity index (χ1) is 17.2. The molecule has 0 radical (unpaired) electrons. The van der Waals surface area contributed by atoms with Crippen LogP contribution in [-0.4, -0.2) is 15.0 Å². The minimum Gasteiger partial charge on any atom is -0.208 e. The molecular weight excluding hydrogens is 450 g/mol. The van der Waals surface area contributed by atoms with Crippen LogP contribution in [0.25, 0.3) is 55.8 Å². The molecule has 0 amide bonds. The summed E-state index contributed by atoms with van der Waals surface area (Å²) in [5.74, 6) is 1.11. The monoisotopic (exact) mass is 469 g/mol. The van der Waals surface area contributed by atoms with Crippen molar-refractivity contribution in [2.75, 3.05) is 0 Å². The molecule has 35 heavy (non-hydrogen) atoms. The van der Waals surface area contributed by atoms with Crippen LogP contribution in [0.5, 0.6) is 0 Å². The Hall–Kier alpha value is -4.34. The summed E-state index contributed by atoms with van der Waals surface area (Å²) in [6.07, 6.45) is 0. The highest BCUT2D eigenvalue weighted by Crippen LogP contribution is 2.29. The number of hydrogen-bond donors (Lipinski definition) is 0. The van der Waals surface area contributed by atoms with E-state index >= 15 is 0 Å². The van der Waals surface area contributed by atoms with E-state index in [4.69, 9.17) is 16.6 Å². The van der Waals surface area contributed by atoms with Crippen molar-refractivity contribution >= 4 is 22.4 Å². The smallest absolute Gasteiger partial charge is 0.208 e. The molecule has 0 saturated carbocycles. The van der Waals surface area contributed by atoms with E-state index in [1.54, 1.807) is 0 Å². The van der Waals surface area contributed by atoms with Gasteiger partial charge in [-0.3, -0.25) is 0 Å². The average molecular weight is 470 g/mol. The van der Waals surface area contributed by atoms with Crippen molar-refractivity contribution in [1.82, 2.24) is 15.0 Å². The summed E-state index contributed by atoms with van der Waals surface area (Å²) < 4.78 is 0. The summed E-state index contributed by atoms with van der Waals surface area (Å²) in [5, 5.41) is 2.45. The first-order valence-electron chi connectivity index (χ1n) is 11.4. The summed E-state index contributed by atoms with van der Waals surface area (Å²) in [4.78, 5) is 13.6. The summed E-state index contributed by atoms with van der Waals surface area (Å²) >= 11 is 6.34. The third-order valence-electron chi connectivity index (χ3n) is 6.06. The van der Waals surface area contributed by atoms with Crippen LogP contribution >= 0.6 is 11.6 Å². The number of benzene rings is 5. The van der Waals surface area contributed by atoms with Gasteiger partial charge in [0, 0.05) is 11.1 Å². The van der Waals surface area contributed by atoms with Crippen LogP contribution in [0.2, 0.25) is 5.28 Å². The Morgan fingerprint density at radius 2 is 0.829 bits per heavy atom. The minimum atomic E-state index is 0.176. The second-order valence-electron chi connectivity index (χ2n) is 8.34. The van der Waals surface area contributed by atoms with Crippen LogP contribution in [0.4, 0.5) is 0 Å². The standard InChI is InChI=1S/C31H20ClN3/c32-31-34-29(25-15-11-23(12-16-25)21-7-3-1-4-8-21)33-30(35-31)27-18-14-24-13-17-26(19-28(24)20-27)22-9-5-2-6-10-22/h1-20H. The van der Waals surface area contributed by atoms with E-state index in [9.17, 15) is 0 Å². The maximum Gasteiger partial charge on any atom is 0.226 e. The Kier molecular flexibility index (Phi) is 5.53. The predicted octanol–water partition coefficient (Wildman–Crippen LogP) is 8.35. The molecule has 0 spiro atoms. The molecule has 0 aliphatic heterocycles. The summed E-state index contributed by atoms with van der Waals surface area (Å²) in [6, 6.07) is 41.5. The summed E-state index contributed by atoms with van der Waals surface area (Å²) in [6.45, 7) is 0. The van der Waals surface area contributed by atoms with E-state index < -0.39 is 0 Å². The van der Waals surface area contributed by atoms with Crippen molar-refractivity contribution in [2.45, 2.75) is 0 Å². The normalized spacial score (nSPS) is 11.0. The molecule has 6 rings (SSSR count). The molecule has 0 atom stereocenters. The maximum atomic E-state index is 6.34. The molecule has 1 aromatic heterocycles. The van der Waals surface area contributed by atoms with Crippen molar-refractivity contribution in [1.29, 1.82) is 0 Å². The third-order valence-corrected chi connectivity index (χ3v) is 6.23. The van der Waals surface area contributed by atoms with E-state index in [2.05, 4.69) is 88.8 Å². The van der Waals surface area contributed by atoms with Crippen LogP contribution in [0, 0.1) is 0 Å². The van der Waals surface area contributed by atoms with Gasteiger partial charge in [-0.15, -0.1) is 0 Å². The predicted molar refractivity (Wildman–Crippen MR) is 144 cm³/mol. The Morgan fingerprint density at radius 3 is 1.49 bits per heavy atom. The molecule has 0 saturated heterocycles. The minimum absolute atomic E-state index is 0.176. The van der Waals surface area contributed by atoms with Crippen molar-refractivity contribution in [2.24, 2.45) is 0 Å². The van der Waals surface area contributed by atoms with Gasteiger partial charge in [0.2, 0.25) is 5.28 Å². The first kappa shape index (κ1) is 21.2. The fourth-order valence-electron chi connectivity index (χ4n) is 4.25. The Balaban J connectivity index is 1.37. The lowest BCUT2D eigenvalue weighted by atomic mass is 10.00. The van der Waals surface area contributed by atoms with Gasteiger partial charge in [0.25, 0.3) is 0 Å². The van der Waals surface area contributed by atoms with Crippen molar-refractivity contribution in [3.05, 3.63) is 127 Å². The zero-order valence-electron chi connectivity index (χ0n) is 18.8. The molecule has 5 aromatic carbocycles. The summed E-state index contributed by atoms with van der Waals surface area (Å²) in [7, 11) is 0. The Labute approximate surface area is 208 Å². The molecule has 0 aliphatic carbocycles. The number of halogens is 1. The highest BCUT2D eigenvalue weighted by atomic mass is 35.5. The third kappa shape index (κ3) is 4.42. The molecule has 6 aromatic rings. The molecule has 0 aliphatic rings. The second kappa shape index (κ2) is 9.13.